The van der Waals surface area contributed by atoms with Gasteiger partial charge < -0.3 is 11.5 Å². The highest BCUT2D eigenvalue weighted by Crippen LogP contribution is 1.95. The highest BCUT2D eigenvalue weighted by atomic mass is 14.5. The van der Waals surface area contributed by atoms with Crippen molar-refractivity contribution in [3.05, 3.63) is 36.0 Å². The summed E-state index contributed by atoms with van der Waals surface area (Å²) in [6.45, 7) is 6.72. The zero-order valence-corrected chi connectivity index (χ0v) is 7.01. The Morgan fingerprint density at radius 3 is 2.27 bits per heavy atom. The van der Waals surface area contributed by atoms with Crippen LogP contribution in [0.4, 0.5) is 0 Å². The van der Waals surface area contributed by atoms with Crippen molar-refractivity contribution < 1.29 is 0 Å². The zero-order chi connectivity index (χ0) is 8.69. The predicted molar refractivity (Wildman–Crippen MR) is 50.1 cm³/mol. The van der Waals surface area contributed by atoms with Crippen molar-refractivity contribution in [1.82, 2.24) is 0 Å². The first-order valence-corrected chi connectivity index (χ1v) is 3.63. The molecule has 2 nitrogen and oxygen atoms in total. The molecule has 4 N–H and O–H groups in total. The van der Waals surface area contributed by atoms with Gasteiger partial charge in [0.15, 0.2) is 0 Å². The average molecular weight is 152 g/mol. The molecular formula is C9H16N2. The molecule has 0 rings (SSSR count). The van der Waals surface area contributed by atoms with Gasteiger partial charge in [0.1, 0.15) is 0 Å². The maximum atomic E-state index is 5.41. The number of rotatable bonds is 4. The van der Waals surface area contributed by atoms with Crippen LogP contribution in [-0.2, 0) is 0 Å². The molecule has 0 aromatic heterocycles. The first-order valence-electron chi connectivity index (χ1n) is 3.63. The van der Waals surface area contributed by atoms with Gasteiger partial charge >= 0.3 is 0 Å². The van der Waals surface area contributed by atoms with Gasteiger partial charge in [-0.1, -0.05) is 30.4 Å². The molecule has 0 unspecified atom stereocenters. The highest BCUT2D eigenvalue weighted by Gasteiger charge is 1.84. The molecule has 2 heteroatoms. The SMILES string of the molecule is C=C/C(=C\C=C(/C)CN)CN. The topological polar surface area (TPSA) is 52.0 Å². The average Bonchev–Trinajstić information content (AvgIpc) is 2.06. The Hall–Kier alpha value is -0.860. The van der Waals surface area contributed by atoms with Gasteiger partial charge in [-0.3, -0.25) is 0 Å². The van der Waals surface area contributed by atoms with E-state index in [9.17, 15) is 0 Å². The highest BCUT2D eigenvalue weighted by molar-refractivity contribution is 5.25. The summed E-state index contributed by atoms with van der Waals surface area (Å²) in [5.41, 5.74) is 13.0. The third-order valence-electron chi connectivity index (χ3n) is 1.40. The molecule has 0 radical (unpaired) electrons. The van der Waals surface area contributed by atoms with E-state index < -0.39 is 0 Å². The molecule has 0 fully saturated rings. The second kappa shape index (κ2) is 5.89. The third kappa shape index (κ3) is 4.53. The van der Waals surface area contributed by atoms with Crippen molar-refractivity contribution in [3.63, 3.8) is 0 Å². The molecule has 0 aliphatic rings. The van der Waals surface area contributed by atoms with Crippen LogP contribution in [0, 0.1) is 0 Å². The first-order chi connectivity index (χ1) is 5.24. The van der Waals surface area contributed by atoms with Gasteiger partial charge in [-0.15, -0.1) is 0 Å². The predicted octanol–water partition coefficient (Wildman–Crippen LogP) is 0.963. The lowest BCUT2D eigenvalue weighted by Gasteiger charge is -1.94. The van der Waals surface area contributed by atoms with Gasteiger partial charge in [0.05, 0.1) is 0 Å². The minimum absolute atomic E-state index is 0.526. The third-order valence-corrected chi connectivity index (χ3v) is 1.40. The molecule has 0 bridgehead atoms. The van der Waals surface area contributed by atoms with E-state index in [2.05, 4.69) is 6.58 Å². The van der Waals surface area contributed by atoms with E-state index >= 15 is 0 Å². The number of hydrogen-bond donors (Lipinski definition) is 2. The molecule has 0 heterocycles. The van der Waals surface area contributed by atoms with Crippen molar-refractivity contribution in [3.8, 4) is 0 Å². The molecule has 0 aromatic carbocycles. The fourth-order valence-electron chi connectivity index (χ4n) is 0.537. The molecule has 62 valence electrons. The van der Waals surface area contributed by atoms with Crippen LogP contribution >= 0.6 is 0 Å². The van der Waals surface area contributed by atoms with Crippen LogP contribution in [0.5, 0.6) is 0 Å². The molecule has 0 aliphatic carbocycles. The van der Waals surface area contributed by atoms with Crippen LogP contribution in [0.3, 0.4) is 0 Å². The Bertz CT molecular complexity index is 178. The van der Waals surface area contributed by atoms with Gasteiger partial charge in [0.2, 0.25) is 0 Å². The standard InChI is InChI=1S/C9H16N2/c1-3-9(7-11)5-4-8(2)6-10/h3-5H,1,6-7,10-11H2,2H3/b8-4+,9-5+. The molecule has 0 amide bonds. The zero-order valence-electron chi connectivity index (χ0n) is 7.01. The summed E-state index contributed by atoms with van der Waals surface area (Å²) in [5, 5.41) is 0. The van der Waals surface area contributed by atoms with Gasteiger partial charge in [0, 0.05) is 13.1 Å². The fourth-order valence-corrected chi connectivity index (χ4v) is 0.537. The summed E-state index contributed by atoms with van der Waals surface area (Å²) in [5.74, 6) is 0. The Morgan fingerprint density at radius 1 is 1.27 bits per heavy atom. The van der Waals surface area contributed by atoms with Crippen LogP contribution in [0.15, 0.2) is 36.0 Å². The summed E-state index contributed by atoms with van der Waals surface area (Å²) in [6.07, 6.45) is 5.65. The summed E-state index contributed by atoms with van der Waals surface area (Å²) in [4.78, 5) is 0. The van der Waals surface area contributed by atoms with Crippen LogP contribution in [0.2, 0.25) is 0 Å². The molecular weight excluding hydrogens is 136 g/mol. The maximum absolute atomic E-state index is 5.41. The Morgan fingerprint density at radius 2 is 1.91 bits per heavy atom. The minimum atomic E-state index is 0.526. The second-order valence-electron chi connectivity index (χ2n) is 2.37. The Labute approximate surface area is 68.3 Å². The van der Waals surface area contributed by atoms with E-state index in [4.69, 9.17) is 11.5 Å². The molecule has 0 spiro atoms. The summed E-state index contributed by atoms with van der Waals surface area (Å²) in [7, 11) is 0. The molecule has 0 saturated carbocycles. The van der Waals surface area contributed by atoms with Gasteiger partial charge in [-0.05, 0) is 12.5 Å². The van der Waals surface area contributed by atoms with E-state index in [1.165, 1.54) is 0 Å². The maximum Gasteiger partial charge on any atom is 0.0177 e. The van der Waals surface area contributed by atoms with E-state index in [0.29, 0.717) is 13.1 Å². The molecule has 0 saturated heterocycles. The number of allylic oxidation sites excluding steroid dienone is 2. The number of nitrogens with two attached hydrogens (primary N) is 2. The van der Waals surface area contributed by atoms with Crippen molar-refractivity contribution in [2.75, 3.05) is 13.1 Å². The van der Waals surface area contributed by atoms with Crippen molar-refractivity contribution in [2.24, 2.45) is 11.5 Å². The molecule has 0 aliphatic heterocycles. The smallest absolute Gasteiger partial charge is 0.0177 e. The van der Waals surface area contributed by atoms with E-state index in [0.717, 1.165) is 11.1 Å². The Balaban J connectivity index is 4.17. The Kier molecular flexibility index (Phi) is 5.43. The largest absolute Gasteiger partial charge is 0.327 e. The van der Waals surface area contributed by atoms with Crippen molar-refractivity contribution >= 4 is 0 Å². The summed E-state index contributed by atoms with van der Waals surface area (Å²) in [6, 6.07) is 0. The van der Waals surface area contributed by atoms with E-state index in [1.807, 2.05) is 19.1 Å². The van der Waals surface area contributed by atoms with Crippen LogP contribution < -0.4 is 11.5 Å². The van der Waals surface area contributed by atoms with Crippen LogP contribution in [0.1, 0.15) is 6.92 Å². The van der Waals surface area contributed by atoms with Crippen molar-refractivity contribution in [1.29, 1.82) is 0 Å². The van der Waals surface area contributed by atoms with Gasteiger partial charge in [-0.2, -0.15) is 0 Å². The lowest BCUT2D eigenvalue weighted by Crippen LogP contribution is -2.01. The molecule has 0 aromatic rings. The van der Waals surface area contributed by atoms with Gasteiger partial charge in [0.25, 0.3) is 0 Å². The van der Waals surface area contributed by atoms with Crippen molar-refractivity contribution in [2.45, 2.75) is 6.92 Å². The number of hydrogen-bond acceptors (Lipinski definition) is 2. The van der Waals surface area contributed by atoms with Crippen LogP contribution in [0.25, 0.3) is 0 Å². The second-order valence-corrected chi connectivity index (χ2v) is 2.37. The fraction of sp³-hybridized carbons (Fsp3) is 0.333. The summed E-state index contributed by atoms with van der Waals surface area (Å²) < 4.78 is 0. The monoisotopic (exact) mass is 152 g/mol. The summed E-state index contributed by atoms with van der Waals surface area (Å²) >= 11 is 0. The lowest BCUT2D eigenvalue weighted by molar-refractivity contribution is 1.13. The quantitative estimate of drug-likeness (QED) is 0.589. The van der Waals surface area contributed by atoms with E-state index in [1.54, 1.807) is 6.08 Å². The molecule has 11 heavy (non-hydrogen) atoms. The van der Waals surface area contributed by atoms with Crippen LogP contribution in [-0.4, -0.2) is 13.1 Å². The minimum Gasteiger partial charge on any atom is -0.327 e. The molecule has 0 atom stereocenters. The van der Waals surface area contributed by atoms with E-state index in [-0.39, 0.29) is 0 Å². The normalized spacial score (nSPS) is 13.4. The lowest BCUT2D eigenvalue weighted by atomic mass is 10.2. The van der Waals surface area contributed by atoms with Gasteiger partial charge in [-0.25, -0.2) is 0 Å². The first kappa shape index (κ1) is 10.1.